The molecule has 2 aromatic carbocycles. The van der Waals surface area contributed by atoms with Crippen molar-refractivity contribution in [2.24, 2.45) is 4.99 Å². The van der Waals surface area contributed by atoms with Crippen LogP contribution < -0.4 is 9.64 Å². The van der Waals surface area contributed by atoms with Gasteiger partial charge in [0.05, 0.1) is 12.8 Å². The molecule has 0 atom stereocenters. The molecular weight excluding hydrogens is 386 g/mol. The lowest BCUT2D eigenvalue weighted by atomic mass is 10.1. The molecular formula is C25H29N5O. The molecule has 1 aromatic heterocycles. The van der Waals surface area contributed by atoms with E-state index in [0.717, 1.165) is 65.8 Å². The number of piperazine rings is 1. The average Bonchev–Trinajstić information content (AvgIpc) is 3.22. The van der Waals surface area contributed by atoms with Gasteiger partial charge in [-0.25, -0.2) is 4.99 Å². The van der Waals surface area contributed by atoms with Crippen LogP contribution in [-0.4, -0.2) is 61.1 Å². The number of methoxy groups -OCH3 is 1. The number of nitrogens with zero attached hydrogens (tertiary/aromatic N) is 4. The molecule has 0 unspecified atom stereocenters. The number of benzene rings is 2. The van der Waals surface area contributed by atoms with Crippen molar-refractivity contribution in [1.29, 1.82) is 0 Å². The van der Waals surface area contributed by atoms with Gasteiger partial charge in [0.15, 0.2) is 0 Å². The van der Waals surface area contributed by atoms with Crippen molar-refractivity contribution in [2.75, 3.05) is 45.2 Å². The molecule has 0 radical (unpaired) electrons. The fourth-order valence-corrected chi connectivity index (χ4v) is 3.87. The Labute approximate surface area is 183 Å². The fraction of sp³-hybridized carbons (Fsp3) is 0.280. The van der Waals surface area contributed by atoms with Crippen LogP contribution in [0.2, 0.25) is 0 Å². The molecule has 2 heterocycles. The van der Waals surface area contributed by atoms with E-state index in [4.69, 9.17) is 9.73 Å². The minimum atomic E-state index is 0.783. The maximum Gasteiger partial charge on any atom is 0.127 e. The van der Waals surface area contributed by atoms with E-state index < -0.39 is 0 Å². The van der Waals surface area contributed by atoms with Gasteiger partial charge in [0.25, 0.3) is 0 Å². The first-order chi connectivity index (χ1) is 15.1. The van der Waals surface area contributed by atoms with Gasteiger partial charge in [0.2, 0.25) is 0 Å². The van der Waals surface area contributed by atoms with Crippen LogP contribution in [0.3, 0.4) is 0 Å². The number of aromatic amines is 1. The number of anilines is 1. The summed E-state index contributed by atoms with van der Waals surface area (Å²) in [5.74, 6) is 0.797. The third kappa shape index (κ3) is 4.39. The Kier molecular flexibility index (Phi) is 6.18. The number of H-pyrrole nitrogens is 1. The van der Waals surface area contributed by atoms with Crippen LogP contribution in [0.5, 0.6) is 5.75 Å². The molecule has 6 heteroatoms. The van der Waals surface area contributed by atoms with Crippen molar-refractivity contribution in [3.63, 3.8) is 0 Å². The molecule has 31 heavy (non-hydrogen) atoms. The summed E-state index contributed by atoms with van der Waals surface area (Å²) in [4.78, 5) is 9.71. The molecule has 3 aromatic rings. The van der Waals surface area contributed by atoms with Gasteiger partial charge in [0, 0.05) is 48.7 Å². The van der Waals surface area contributed by atoms with E-state index >= 15 is 0 Å². The van der Waals surface area contributed by atoms with Gasteiger partial charge < -0.3 is 14.5 Å². The Morgan fingerprint density at radius 1 is 1.10 bits per heavy atom. The number of nitrogens with one attached hydrogen (secondary N) is 1. The summed E-state index contributed by atoms with van der Waals surface area (Å²) >= 11 is 0. The van der Waals surface area contributed by atoms with Gasteiger partial charge in [0.1, 0.15) is 17.1 Å². The third-order valence-electron chi connectivity index (χ3n) is 5.76. The highest BCUT2D eigenvalue weighted by Gasteiger charge is 2.17. The molecule has 160 valence electrons. The van der Waals surface area contributed by atoms with Crippen molar-refractivity contribution in [3.8, 4) is 17.0 Å². The summed E-state index contributed by atoms with van der Waals surface area (Å²) in [7, 11) is 3.84. The Hall–Kier alpha value is -3.38. The quantitative estimate of drug-likeness (QED) is 0.597. The van der Waals surface area contributed by atoms with Crippen LogP contribution in [0.25, 0.3) is 17.3 Å². The molecule has 1 aliphatic rings. The molecule has 1 N–H and O–H groups in total. The summed E-state index contributed by atoms with van der Waals surface area (Å²) in [6.45, 7) is 10.2. The van der Waals surface area contributed by atoms with E-state index in [1.807, 2.05) is 31.2 Å². The predicted molar refractivity (Wildman–Crippen MR) is 129 cm³/mol. The standard InChI is InChI=1S/C25H29N5O/c1-5-22-25(26-18(2)21-8-6-7-9-23(21)31-4)24(28-27-22)19-10-12-20(13-11-19)30-16-14-29(3)15-17-30/h5-13H,1,14-17H2,2-4H3,(H,27,28)/b26-18+. The Morgan fingerprint density at radius 3 is 2.48 bits per heavy atom. The number of ether oxygens (including phenoxy) is 1. The van der Waals surface area contributed by atoms with Crippen molar-refractivity contribution in [2.45, 2.75) is 6.92 Å². The normalized spacial score (nSPS) is 15.2. The predicted octanol–water partition coefficient (Wildman–Crippen LogP) is 4.62. The molecule has 0 spiro atoms. The molecule has 0 saturated carbocycles. The van der Waals surface area contributed by atoms with Crippen LogP contribution in [-0.2, 0) is 0 Å². The third-order valence-corrected chi connectivity index (χ3v) is 5.76. The molecule has 1 saturated heterocycles. The number of para-hydroxylation sites is 1. The second kappa shape index (κ2) is 9.18. The molecule has 0 bridgehead atoms. The van der Waals surface area contributed by atoms with E-state index in [-0.39, 0.29) is 0 Å². The summed E-state index contributed by atoms with van der Waals surface area (Å²) in [5.41, 5.74) is 6.47. The zero-order chi connectivity index (χ0) is 21.8. The number of rotatable bonds is 6. The van der Waals surface area contributed by atoms with Crippen LogP contribution >= 0.6 is 0 Å². The van der Waals surface area contributed by atoms with Crippen LogP contribution in [0.1, 0.15) is 18.2 Å². The van der Waals surface area contributed by atoms with Crippen molar-refractivity contribution < 1.29 is 4.74 Å². The molecule has 0 aliphatic carbocycles. The highest BCUT2D eigenvalue weighted by molar-refractivity contribution is 6.03. The summed E-state index contributed by atoms with van der Waals surface area (Å²) < 4.78 is 5.50. The topological polar surface area (TPSA) is 56.8 Å². The monoisotopic (exact) mass is 415 g/mol. The highest BCUT2D eigenvalue weighted by atomic mass is 16.5. The van der Waals surface area contributed by atoms with E-state index in [0.29, 0.717) is 0 Å². The minimum absolute atomic E-state index is 0.783. The van der Waals surface area contributed by atoms with Gasteiger partial charge in [-0.1, -0.05) is 30.8 Å². The maximum atomic E-state index is 5.50. The first-order valence-electron chi connectivity index (χ1n) is 10.5. The van der Waals surface area contributed by atoms with Gasteiger partial charge in [-0.3, -0.25) is 5.10 Å². The van der Waals surface area contributed by atoms with Crippen molar-refractivity contribution >= 4 is 23.2 Å². The molecule has 0 amide bonds. The zero-order valence-corrected chi connectivity index (χ0v) is 18.4. The molecule has 1 fully saturated rings. The maximum absolute atomic E-state index is 5.50. The summed E-state index contributed by atoms with van der Waals surface area (Å²) in [6, 6.07) is 16.5. The second-order valence-electron chi connectivity index (χ2n) is 7.77. The van der Waals surface area contributed by atoms with Gasteiger partial charge in [-0.05, 0) is 44.3 Å². The average molecular weight is 416 g/mol. The first-order valence-corrected chi connectivity index (χ1v) is 10.5. The van der Waals surface area contributed by atoms with Crippen LogP contribution in [0.4, 0.5) is 11.4 Å². The lowest BCUT2D eigenvalue weighted by Gasteiger charge is -2.34. The Balaban J connectivity index is 1.66. The van der Waals surface area contributed by atoms with Crippen molar-refractivity contribution in [1.82, 2.24) is 15.1 Å². The van der Waals surface area contributed by atoms with Gasteiger partial charge >= 0.3 is 0 Å². The van der Waals surface area contributed by atoms with E-state index in [1.54, 1.807) is 13.2 Å². The van der Waals surface area contributed by atoms with Crippen LogP contribution in [0.15, 0.2) is 60.1 Å². The SMILES string of the molecule is C=Cc1[nH]nc(-c2ccc(N3CCN(C)CC3)cc2)c1/N=C(\C)c1ccccc1OC. The fourth-order valence-electron chi connectivity index (χ4n) is 3.87. The number of aromatic nitrogens is 2. The summed E-state index contributed by atoms with van der Waals surface area (Å²) in [6.07, 6.45) is 1.75. The Morgan fingerprint density at radius 2 is 1.81 bits per heavy atom. The van der Waals surface area contributed by atoms with Gasteiger partial charge in [-0.2, -0.15) is 5.10 Å². The molecule has 6 nitrogen and oxygen atoms in total. The largest absolute Gasteiger partial charge is 0.496 e. The number of likely N-dealkylation sites (N-methyl/N-ethyl adjacent to an activating group) is 1. The smallest absolute Gasteiger partial charge is 0.127 e. The number of hydrogen-bond donors (Lipinski definition) is 1. The van der Waals surface area contributed by atoms with Crippen molar-refractivity contribution in [3.05, 3.63) is 66.4 Å². The van der Waals surface area contributed by atoms with E-state index in [2.05, 4.69) is 57.9 Å². The van der Waals surface area contributed by atoms with E-state index in [1.165, 1.54) is 5.69 Å². The molecule has 4 rings (SSSR count). The summed E-state index contributed by atoms with van der Waals surface area (Å²) in [5, 5.41) is 7.61. The van der Waals surface area contributed by atoms with Crippen LogP contribution in [0, 0.1) is 0 Å². The minimum Gasteiger partial charge on any atom is -0.496 e. The first kappa shape index (κ1) is 20.9. The molecule has 1 aliphatic heterocycles. The van der Waals surface area contributed by atoms with E-state index in [9.17, 15) is 0 Å². The Bertz CT molecular complexity index is 1080. The lowest BCUT2D eigenvalue weighted by molar-refractivity contribution is 0.313. The second-order valence-corrected chi connectivity index (χ2v) is 7.77. The number of aliphatic imine (C=N–C) groups is 1. The highest BCUT2D eigenvalue weighted by Crippen LogP contribution is 2.34. The number of hydrogen-bond acceptors (Lipinski definition) is 5. The lowest BCUT2D eigenvalue weighted by Crippen LogP contribution is -2.44. The zero-order valence-electron chi connectivity index (χ0n) is 18.4. The van der Waals surface area contributed by atoms with Gasteiger partial charge in [-0.15, -0.1) is 0 Å².